The van der Waals surface area contributed by atoms with Crippen molar-refractivity contribution in [1.82, 2.24) is 5.32 Å². The van der Waals surface area contributed by atoms with E-state index in [-0.39, 0.29) is 12.5 Å². The van der Waals surface area contributed by atoms with E-state index in [1.807, 2.05) is 12.1 Å². The Morgan fingerprint density at radius 1 is 1.09 bits per heavy atom. The number of terminal acetylenes is 1. The number of ether oxygens (including phenoxy) is 4. The van der Waals surface area contributed by atoms with Crippen LogP contribution in [-0.4, -0.2) is 26.2 Å². The molecule has 170 valence electrons. The third-order valence-corrected chi connectivity index (χ3v) is 4.53. The van der Waals surface area contributed by atoms with Crippen molar-refractivity contribution < 1.29 is 23.7 Å². The lowest BCUT2D eigenvalue weighted by atomic mass is 10.1. The van der Waals surface area contributed by atoms with Crippen molar-refractivity contribution in [3.8, 4) is 53.6 Å². The number of benzene rings is 2. The molecule has 0 saturated heterocycles. The van der Waals surface area contributed by atoms with E-state index >= 15 is 0 Å². The van der Waals surface area contributed by atoms with E-state index in [9.17, 15) is 4.79 Å². The largest absolute Gasteiger partial charge is 0.493 e. The molecule has 33 heavy (non-hydrogen) atoms. The van der Waals surface area contributed by atoms with Crippen LogP contribution in [0.2, 0.25) is 5.02 Å². The van der Waals surface area contributed by atoms with Gasteiger partial charge in [0.1, 0.15) is 24.6 Å². The van der Waals surface area contributed by atoms with Crippen molar-refractivity contribution in [3.63, 3.8) is 0 Å². The number of carbonyl (C=O) groups excluding carboxylic acids is 1. The Bertz CT molecular complexity index is 1130. The second-order valence-electron chi connectivity index (χ2n) is 6.51. The van der Waals surface area contributed by atoms with E-state index in [1.54, 1.807) is 45.2 Å². The van der Waals surface area contributed by atoms with E-state index in [0.29, 0.717) is 40.8 Å². The molecule has 2 aromatic rings. The van der Waals surface area contributed by atoms with E-state index in [1.165, 1.54) is 0 Å². The zero-order valence-electron chi connectivity index (χ0n) is 18.7. The number of halogens is 1. The second kappa shape index (κ2) is 13.5. The van der Waals surface area contributed by atoms with Crippen LogP contribution in [0.1, 0.15) is 31.1 Å². The van der Waals surface area contributed by atoms with Gasteiger partial charge in [0.25, 0.3) is 5.91 Å². The van der Waals surface area contributed by atoms with Gasteiger partial charge < -0.3 is 24.3 Å². The Balaban J connectivity index is 2.13. The van der Waals surface area contributed by atoms with Crippen molar-refractivity contribution in [2.45, 2.75) is 26.4 Å². The molecular weight excluding hydrogens is 442 g/mol. The Morgan fingerprint density at radius 3 is 2.58 bits per heavy atom. The predicted octanol–water partition coefficient (Wildman–Crippen LogP) is 4.12. The highest BCUT2D eigenvalue weighted by Gasteiger charge is 2.26. The molecule has 1 N–H and O–H groups in total. The fourth-order valence-electron chi connectivity index (χ4n) is 2.82. The molecule has 0 aromatic heterocycles. The molecule has 0 saturated carbocycles. The maximum atomic E-state index is 13.0. The van der Waals surface area contributed by atoms with Gasteiger partial charge in [0, 0.05) is 37.0 Å². The van der Waals surface area contributed by atoms with Crippen LogP contribution in [0.15, 0.2) is 36.4 Å². The van der Waals surface area contributed by atoms with Crippen molar-refractivity contribution in [2.75, 3.05) is 20.3 Å². The van der Waals surface area contributed by atoms with Crippen LogP contribution in [0.5, 0.6) is 17.2 Å². The molecule has 2 aromatic carbocycles. The minimum Gasteiger partial charge on any atom is -0.493 e. The Morgan fingerprint density at radius 2 is 1.88 bits per heavy atom. The van der Waals surface area contributed by atoms with Gasteiger partial charge >= 0.3 is 0 Å². The number of hydrogen-bond donors (Lipinski definition) is 1. The molecule has 0 radical (unpaired) electrons. The monoisotopic (exact) mass is 465 g/mol. The topological polar surface area (TPSA) is 66.0 Å². The van der Waals surface area contributed by atoms with Crippen LogP contribution in [-0.2, 0) is 16.0 Å². The van der Waals surface area contributed by atoms with Gasteiger partial charge in [-0.3, -0.25) is 4.79 Å². The fraction of sp³-hybridized carbons (Fsp3) is 0.269. The van der Waals surface area contributed by atoms with Gasteiger partial charge in [0.15, 0.2) is 11.5 Å². The minimum absolute atomic E-state index is 0.147. The molecule has 0 aliphatic rings. The molecule has 1 unspecified atom stereocenters. The van der Waals surface area contributed by atoms with Crippen LogP contribution in [0, 0.1) is 36.4 Å². The summed E-state index contributed by atoms with van der Waals surface area (Å²) >= 11 is 6.07. The summed E-state index contributed by atoms with van der Waals surface area (Å²) in [5, 5.41) is 3.31. The summed E-state index contributed by atoms with van der Waals surface area (Å²) in [5.74, 6) is 8.74. The normalized spacial score (nSPS) is 10.3. The number of nitrogens with one attached hydrogen (secondary N) is 1. The van der Waals surface area contributed by atoms with E-state index < -0.39 is 6.10 Å². The highest BCUT2D eigenvalue weighted by molar-refractivity contribution is 6.30. The molecule has 0 bridgehead atoms. The van der Waals surface area contributed by atoms with E-state index in [0.717, 1.165) is 5.56 Å². The van der Waals surface area contributed by atoms with Crippen molar-refractivity contribution in [3.05, 3.63) is 52.5 Å². The number of amides is 1. The molecule has 0 heterocycles. The van der Waals surface area contributed by atoms with Gasteiger partial charge in [-0.15, -0.1) is 6.42 Å². The lowest BCUT2D eigenvalue weighted by Gasteiger charge is -2.17. The summed E-state index contributed by atoms with van der Waals surface area (Å²) < 4.78 is 21.7. The first-order chi connectivity index (χ1) is 16.0. The van der Waals surface area contributed by atoms with Gasteiger partial charge in [-0.25, -0.2) is 0 Å². The third kappa shape index (κ3) is 7.62. The summed E-state index contributed by atoms with van der Waals surface area (Å²) in [6.07, 6.45) is 9.76. The number of carbonyl (C=O) groups is 1. The molecule has 6 nitrogen and oxygen atoms in total. The highest BCUT2D eigenvalue weighted by Crippen LogP contribution is 2.31. The Hall–Kier alpha value is -3.92. The molecule has 0 fully saturated rings. The predicted molar refractivity (Wildman–Crippen MR) is 127 cm³/mol. The summed E-state index contributed by atoms with van der Waals surface area (Å²) in [7, 11) is 1.55. The van der Waals surface area contributed by atoms with Crippen LogP contribution in [0.25, 0.3) is 0 Å². The Labute approximate surface area is 199 Å². The van der Waals surface area contributed by atoms with Crippen molar-refractivity contribution >= 4 is 17.5 Å². The lowest BCUT2D eigenvalue weighted by Crippen LogP contribution is -2.32. The van der Waals surface area contributed by atoms with Gasteiger partial charge in [0.2, 0.25) is 6.10 Å². The molecule has 1 amide bonds. The summed E-state index contributed by atoms with van der Waals surface area (Å²) in [6.45, 7) is 3.75. The first-order valence-electron chi connectivity index (χ1n) is 10.00. The zero-order chi connectivity index (χ0) is 24.1. The molecule has 0 aliphatic heterocycles. The van der Waals surface area contributed by atoms with Gasteiger partial charge in [-0.2, -0.15) is 0 Å². The quantitative estimate of drug-likeness (QED) is 0.535. The fourth-order valence-corrected chi connectivity index (χ4v) is 2.99. The number of hydrogen-bond acceptors (Lipinski definition) is 5. The standard InChI is InChI=1S/C26H24ClNO5/c1-5-14-31-22-11-8-19(17-24(22)30-4)12-13-28-26(29)25(33-16-7-3)21-10-9-20(27)18-23(21)32-15-6-2/h1,8-11,17-18,25H,12-14H2,2-4H3,(H,28,29). The van der Waals surface area contributed by atoms with E-state index in [4.69, 9.17) is 37.0 Å². The van der Waals surface area contributed by atoms with Crippen molar-refractivity contribution in [1.29, 1.82) is 0 Å². The third-order valence-electron chi connectivity index (χ3n) is 4.29. The average Bonchev–Trinajstić information content (AvgIpc) is 2.82. The minimum atomic E-state index is -1.03. The summed E-state index contributed by atoms with van der Waals surface area (Å²) in [4.78, 5) is 13.0. The molecule has 2 rings (SSSR count). The molecular formula is C26H24ClNO5. The highest BCUT2D eigenvalue weighted by atomic mass is 35.5. The van der Waals surface area contributed by atoms with Gasteiger partial charge in [0.05, 0.1) is 7.11 Å². The zero-order valence-corrected chi connectivity index (χ0v) is 19.4. The van der Waals surface area contributed by atoms with E-state index in [2.05, 4.69) is 35.3 Å². The maximum Gasteiger partial charge on any atom is 0.267 e. The average molecular weight is 466 g/mol. The SMILES string of the molecule is C#CCOc1ccc(CCNC(=O)C(OC#CC)c2ccc(Cl)cc2OC#CC)cc1OC. The van der Waals surface area contributed by atoms with Crippen LogP contribution < -0.4 is 19.5 Å². The maximum absolute atomic E-state index is 13.0. The van der Waals surface area contributed by atoms with Crippen LogP contribution in [0.3, 0.4) is 0 Å². The first kappa shape index (κ1) is 25.3. The first-order valence-corrected chi connectivity index (χ1v) is 10.4. The molecule has 0 spiro atoms. The van der Waals surface area contributed by atoms with Crippen LogP contribution in [0.4, 0.5) is 0 Å². The lowest BCUT2D eigenvalue weighted by molar-refractivity contribution is -0.129. The summed E-state index contributed by atoms with van der Waals surface area (Å²) in [5.41, 5.74) is 1.40. The number of methoxy groups -OCH3 is 1. The molecule has 0 aliphatic carbocycles. The Kier molecular flexibility index (Phi) is 10.4. The second-order valence-corrected chi connectivity index (χ2v) is 6.94. The smallest absolute Gasteiger partial charge is 0.267 e. The van der Waals surface area contributed by atoms with Gasteiger partial charge in [-0.05, 0) is 36.2 Å². The van der Waals surface area contributed by atoms with Crippen molar-refractivity contribution in [2.24, 2.45) is 0 Å². The van der Waals surface area contributed by atoms with Gasteiger partial charge in [-0.1, -0.05) is 35.4 Å². The summed E-state index contributed by atoms with van der Waals surface area (Å²) in [6, 6.07) is 10.4. The number of rotatable bonds is 10. The van der Waals surface area contributed by atoms with Crippen LogP contribution >= 0.6 is 11.6 Å². The molecule has 7 heteroatoms. The molecule has 1 atom stereocenters.